The highest BCUT2D eigenvalue weighted by atomic mass is 16.1. The smallest absolute Gasteiger partial charge is 0.219 e. The molecule has 0 saturated carbocycles. The topological polar surface area (TPSA) is 32.3 Å². The molecule has 0 aromatic carbocycles. The van der Waals surface area contributed by atoms with Crippen LogP contribution in [0.2, 0.25) is 0 Å². The molecule has 0 aromatic rings. The summed E-state index contributed by atoms with van der Waals surface area (Å²) in [6.07, 6.45) is 5.11. The minimum absolute atomic E-state index is 0.216. The van der Waals surface area contributed by atoms with Crippen LogP contribution in [0.3, 0.4) is 0 Å². The molecular weight excluding hydrogens is 200 g/mol. The molecule has 0 heterocycles. The molecular formula is C13H28N2O. The molecule has 0 aliphatic carbocycles. The van der Waals surface area contributed by atoms with Crippen LogP contribution in [0.15, 0.2) is 0 Å². The third-order valence-electron chi connectivity index (χ3n) is 2.88. The minimum Gasteiger partial charge on any atom is -0.356 e. The van der Waals surface area contributed by atoms with Gasteiger partial charge in [-0.05, 0) is 32.5 Å². The standard InChI is InChI=1S/C13H28N2O/c1-4-7-8-10-13(16)14-11-9-12-15(5-2)6-3/h4-12H2,1-3H3,(H,14,16). The fourth-order valence-electron chi connectivity index (χ4n) is 1.69. The van der Waals surface area contributed by atoms with Crippen molar-refractivity contribution in [2.75, 3.05) is 26.2 Å². The fourth-order valence-corrected chi connectivity index (χ4v) is 1.69. The Kier molecular flexibility index (Phi) is 10.5. The summed E-state index contributed by atoms with van der Waals surface area (Å²) in [6, 6.07) is 0. The second-order valence-electron chi connectivity index (χ2n) is 4.19. The molecule has 0 rings (SSSR count). The van der Waals surface area contributed by atoms with Gasteiger partial charge in [0.2, 0.25) is 5.91 Å². The van der Waals surface area contributed by atoms with Crippen molar-refractivity contribution >= 4 is 5.91 Å². The summed E-state index contributed by atoms with van der Waals surface area (Å²) in [7, 11) is 0. The van der Waals surface area contributed by atoms with Crippen LogP contribution in [-0.2, 0) is 4.79 Å². The SMILES string of the molecule is CCCCCC(=O)NCCCN(CC)CC. The lowest BCUT2D eigenvalue weighted by Crippen LogP contribution is -2.29. The van der Waals surface area contributed by atoms with E-state index in [-0.39, 0.29) is 5.91 Å². The van der Waals surface area contributed by atoms with Crippen molar-refractivity contribution in [1.82, 2.24) is 10.2 Å². The van der Waals surface area contributed by atoms with Crippen molar-refractivity contribution in [2.45, 2.75) is 52.9 Å². The second kappa shape index (κ2) is 10.9. The molecule has 1 N–H and O–H groups in total. The summed E-state index contributed by atoms with van der Waals surface area (Å²) in [5.74, 6) is 0.216. The normalized spacial score (nSPS) is 10.8. The van der Waals surface area contributed by atoms with Crippen molar-refractivity contribution in [2.24, 2.45) is 0 Å². The van der Waals surface area contributed by atoms with E-state index in [1.807, 2.05) is 0 Å². The molecule has 0 atom stereocenters. The highest BCUT2D eigenvalue weighted by Gasteiger charge is 2.01. The van der Waals surface area contributed by atoms with Crippen LogP contribution >= 0.6 is 0 Å². The molecule has 0 bridgehead atoms. The van der Waals surface area contributed by atoms with Gasteiger partial charge in [0.25, 0.3) is 0 Å². The zero-order valence-electron chi connectivity index (χ0n) is 11.2. The third kappa shape index (κ3) is 8.72. The van der Waals surface area contributed by atoms with Crippen molar-refractivity contribution in [3.8, 4) is 0 Å². The van der Waals surface area contributed by atoms with Crippen LogP contribution in [0, 0.1) is 0 Å². The van der Waals surface area contributed by atoms with Crippen LogP contribution in [0.5, 0.6) is 0 Å². The highest BCUT2D eigenvalue weighted by molar-refractivity contribution is 5.75. The molecule has 0 radical (unpaired) electrons. The molecule has 0 aliphatic rings. The molecule has 0 aliphatic heterocycles. The Bertz CT molecular complexity index is 167. The summed E-state index contributed by atoms with van der Waals surface area (Å²) in [5.41, 5.74) is 0. The summed E-state index contributed by atoms with van der Waals surface area (Å²) < 4.78 is 0. The third-order valence-corrected chi connectivity index (χ3v) is 2.88. The van der Waals surface area contributed by atoms with Gasteiger partial charge in [0.1, 0.15) is 0 Å². The van der Waals surface area contributed by atoms with Crippen LogP contribution in [0.25, 0.3) is 0 Å². The van der Waals surface area contributed by atoms with Crippen LogP contribution < -0.4 is 5.32 Å². The number of amides is 1. The molecule has 0 spiro atoms. The van der Waals surface area contributed by atoms with Gasteiger partial charge < -0.3 is 10.2 Å². The van der Waals surface area contributed by atoms with E-state index in [1.54, 1.807) is 0 Å². The number of nitrogens with zero attached hydrogens (tertiary/aromatic N) is 1. The Morgan fingerprint density at radius 1 is 1.06 bits per heavy atom. The molecule has 16 heavy (non-hydrogen) atoms. The number of unbranched alkanes of at least 4 members (excludes halogenated alkanes) is 2. The lowest BCUT2D eigenvalue weighted by atomic mass is 10.2. The number of hydrogen-bond acceptors (Lipinski definition) is 2. The summed E-state index contributed by atoms with van der Waals surface area (Å²) >= 11 is 0. The van der Waals surface area contributed by atoms with E-state index < -0.39 is 0 Å². The Morgan fingerprint density at radius 3 is 2.31 bits per heavy atom. The minimum atomic E-state index is 0.216. The average molecular weight is 228 g/mol. The molecule has 1 amide bonds. The van der Waals surface area contributed by atoms with Crippen LogP contribution in [0.4, 0.5) is 0 Å². The summed E-state index contributed by atoms with van der Waals surface area (Å²) in [4.78, 5) is 13.8. The van der Waals surface area contributed by atoms with E-state index in [0.29, 0.717) is 6.42 Å². The Morgan fingerprint density at radius 2 is 1.75 bits per heavy atom. The van der Waals surface area contributed by atoms with E-state index in [1.165, 1.54) is 6.42 Å². The predicted octanol–water partition coefficient (Wildman–Crippen LogP) is 2.41. The Hall–Kier alpha value is -0.570. The van der Waals surface area contributed by atoms with E-state index in [0.717, 1.165) is 45.4 Å². The zero-order valence-corrected chi connectivity index (χ0v) is 11.2. The quantitative estimate of drug-likeness (QED) is 0.582. The van der Waals surface area contributed by atoms with E-state index in [4.69, 9.17) is 0 Å². The van der Waals surface area contributed by atoms with Crippen molar-refractivity contribution < 1.29 is 4.79 Å². The molecule has 0 fully saturated rings. The first-order chi connectivity index (χ1) is 7.74. The van der Waals surface area contributed by atoms with E-state index in [9.17, 15) is 4.79 Å². The Labute approximate surface area is 101 Å². The molecule has 3 heteroatoms. The average Bonchev–Trinajstić information content (AvgIpc) is 2.30. The number of carbonyl (C=O) groups is 1. The maximum Gasteiger partial charge on any atom is 0.219 e. The zero-order chi connectivity index (χ0) is 12.2. The predicted molar refractivity (Wildman–Crippen MR) is 69.6 cm³/mol. The van der Waals surface area contributed by atoms with Crippen molar-refractivity contribution in [3.05, 3.63) is 0 Å². The molecule has 3 nitrogen and oxygen atoms in total. The first-order valence-corrected chi connectivity index (χ1v) is 6.73. The van der Waals surface area contributed by atoms with Crippen molar-refractivity contribution in [1.29, 1.82) is 0 Å². The maximum absolute atomic E-state index is 11.4. The number of carbonyl (C=O) groups excluding carboxylic acids is 1. The second-order valence-corrected chi connectivity index (χ2v) is 4.19. The summed E-state index contributed by atoms with van der Waals surface area (Å²) in [6.45, 7) is 10.6. The van der Waals surface area contributed by atoms with Gasteiger partial charge in [-0.3, -0.25) is 4.79 Å². The molecule has 96 valence electrons. The number of hydrogen-bond donors (Lipinski definition) is 1. The van der Waals surface area contributed by atoms with Gasteiger partial charge in [-0.1, -0.05) is 33.6 Å². The fraction of sp³-hybridized carbons (Fsp3) is 0.923. The van der Waals surface area contributed by atoms with Gasteiger partial charge in [-0.25, -0.2) is 0 Å². The van der Waals surface area contributed by atoms with E-state index >= 15 is 0 Å². The van der Waals surface area contributed by atoms with Gasteiger partial charge in [0.05, 0.1) is 0 Å². The molecule has 0 saturated heterocycles. The monoisotopic (exact) mass is 228 g/mol. The van der Waals surface area contributed by atoms with Gasteiger partial charge in [-0.15, -0.1) is 0 Å². The summed E-state index contributed by atoms with van der Waals surface area (Å²) in [5, 5.41) is 2.98. The van der Waals surface area contributed by atoms with Gasteiger partial charge >= 0.3 is 0 Å². The molecule has 0 unspecified atom stereocenters. The first-order valence-electron chi connectivity index (χ1n) is 6.73. The number of nitrogens with one attached hydrogen (secondary N) is 1. The largest absolute Gasteiger partial charge is 0.356 e. The van der Waals surface area contributed by atoms with Gasteiger partial charge in [0.15, 0.2) is 0 Å². The van der Waals surface area contributed by atoms with E-state index in [2.05, 4.69) is 31.0 Å². The first kappa shape index (κ1) is 15.4. The van der Waals surface area contributed by atoms with Crippen LogP contribution in [-0.4, -0.2) is 37.0 Å². The maximum atomic E-state index is 11.4. The lowest BCUT2D eigenvalue weighted by Gasteiger charge is -2.17. The number of rotatable bonds is 10. The molecule has 0 aromatic heterocycles. The highest BCUT2D eigenvalue weighted by Crippen LogP contribution is 1.98. The van der Waals surface area contributed by atoms with Gasteiger partial charge in [0, 0.05) is 13.0 Å². The Balaban J connectivity index is 3.33. The van der Waals surface area contributed by atoms with Crippen molar-refractivity contribution in [3.63, 3.8) is 0 Å². The van der Waals surface area contributed by atoms with Crippen LogP contribution in [0.1, 0.15) is 52.9 Å². The van der Waals surface area contributed by atoms with Gasteiger partial charge in [-0.2, -0.15) is 0 Å². The lowest BCUT2D eigenvalue weighted by molar-refractivity contribution is -0.121.